The first-order chi connectivity index (χ1) is 14.3. The van der Waals surface area contributed by atoms with Crippen LogP contribution < -0.4 is 5.73 Å². The maximum absolute atomic E-state index is 14.6. The Labute approximate surface area is 167 Å². The number of aromatic nitrogens is 3. The summed E-state index contributed by atoms with van der Waals surface area (Å²) < 4.78 is 53.4. The Bertz CT molecular complexity index is 1290. The van der Waals surface area contributed by atoms with E-state index < -0.39 is 23.6 Å². The minimum absolute atomic E-state index is 0.0340. The van der Waals surface area contributed by atoms with E-state index in [2.05, 4.69) is 15.0 Å². The molecule has 2 N–H and O–H groups in total. The number of hydrogen-bond donors (Lipinski definition) is 1. The highest BCUT2D eigenvalue weighted by atomic mass is 19.4. The topological polar surface area (TPSA) is 81.8 Å². The highest BCUT2D eigenvalue weighted by Crippen LogP contribution is 2.34. The zero-order valence-electron chi connectivity index (χ0n) is 15.1. The molecule has 0 unspecified atom stereocenters. The van der Waals surface area contributed by atoms with Crippen LogP contribution in [-0.4, -0.2) is 20.9 Å². The fraction of sp³-hybridized carbons (Fsp3) is 0.0476. The summed E-state index contributed by atoms with van der Waals surface area (Å²) in [5, 5.41) is 0.360. The van der Waals surface area contributed by atoms with Gasteiger partial charge in [-0.1, -0.05) is 6.07 Å². The Balaban J connectivity index is 1.90. The molecule has 1 amide bonds. The van der Waals surface area contributed by atoms with Crippen LogP contribution in [0.1, 0.15) is 16.1 Å². The molecule has 3 aromatic heterocycles. The number of rotatable bonds is 3. The van der Waals surface area contributed by atoms with Gasteiger partial charge in [-0.05, 0) is 53.6 Å². The molecule has 0 radical (unpaired) electrons. The van der Waals surface area contributed by atoms with Crippen molar-refractivity contribution in [2.24, 2.45) is 5.73 Å². The van der Waals surface area contributed by atoms with E-state index in [1.54, 1.807) is 6.07 Å². The summed E-state index contributed by atoms with van der Waals surface area (Å²) in [5.74, 6) is -1.39. The van der Waals surface area contributed by atoms with Gasteiger partial charge in [0.25, 0.3) is 5.91 Å². The average molecular weight is 412 g/mol. The average Bonchev–Trinajstić information content (AvgIpc) is 2.72. The molecule has 0 aliphatic rings. The summed E-state index contributed by atoms with van der Waals surface area (Å²) in [6, 6.07) is 10.8. The summed E-state index contributed by atoms with van der Waals surface area (Å²) in [4.78, 5) is 23.3. The van der Waals surface area contributed by atoms with Gasteiger partial charge >= 0.3 is 6.18 Å². The Morgan fingerprint density at radius 3 is 2.47 bits per heavy atom. The lowest BCUT2D eigenvalue weighted by molar-refractivity contribution is -0.141. The van der Waals surface area contributed by atoms with Crippen molar-refractivity contribution in [3.8, 4) is 22.4 Å². The minimum Gasteiger partial charge on any atom is -0.366 e. The third-order valence-corrected chi connectivity index (χ3v) is 4.50. The van der Waals surface area contributed by atoms with Crippen LogP contribution in [0.3, 0.4) is 0 Å². The Morgan fingerprint density at radius 2 is 1.73 bits per heavy atom. The van der Waals surface area contributed by atoms with Crippen molar-refractivity contribution in [1.29, 1.82) is 0 Å². The van der Waals surface area contributed by atoms with E-state index in [1.165, 1.54) is 48.8 Å². The quantitative estimate of drug-likeness (QED) is 0.498. The molecule has 4 rings (SSSR count). The summed E-state index contributed by atoms with van der Waals surface area (Å²) in [6.45, 7) is 0. The number of pyridine rings is 3. The van der Waals surface area contributed by atoms with Gasteiger partial charge < -0.3 is 5.73 Å². The predicted octanol–water partition coefficient (Wildman–Crippen LogP) is 4.62. The van der Waals surface area contributed by atoms with E-state index in [0.717, 1.165) is 6.07 Å². The normalized spacial score (nSPS) is 11.6. The first kappa shape index (κ1) is 19.4. The van der Waals surface area contributed by atoms with E-state index in [0.29, 0.717) is 16.5 Å². The number of hydrogen-bond acceptors (Lipinski definition) is 4. The van der Waals surface area contributed by atoms with Gasteiger partial charge in [-0.15, -0.1) is 0 Å². The molecule has 0 aliphatic heterocycles. The number of amides is 1. The molecule has 150 valence electrons. The second kappa shape index (κ2) is 7.18. The number of nitrogens with zero attached hydrogens (tertiary/aromatic N) is 3. The summed E-state index contributed by atoms with van der Waals surface area (Å²) in [7, 11) is 0. The zero-order valence-corrected chi connectivity index (χ0v) is 15.1. The highest BCUT2D eigenvalue weighted by molar-refractivity contribution is 5.99. The van der Waals surface area contributed by atoms with Gasteiger partial charge in [0.1, 0.15) is 11.5 Å². The molecule has 0 spiro atoms. The molecule has 4 aromatic rings. The molecule has 0 aliphatic carbocycles. The van der Waals surface area contributed by atoms with Gasteiger partial charge in [0, 0.05) is 23.3 Å². The summed E-state index contributed by atoms with van der Waals surface area (Å²) >= 11 is 0. The van der Waals surface area contributed by atoms with Crippen LogP contribution in [0.15, 0.2) is 60.9 Å². The highest BCUT2D eigenvalue weighted by Gasteiger charge is 2.32. The van der Waals surface area contributed by atoms with Gasteiger partial charge in [-0.25, -0.2) is 14.4 Å². The van der Waals surface area contributed by atoms with Crippen LogP contribution in [0.4, 0.5) is 17.6 Å². The third-order valence-electron chi connectivity index (χ3n) is 4.50. The van der Waals surface area contributed by atoms with Gasteiger partial charge in [0.15, 0.2) is 5.65 Å². The SMILES string of the molecule is NC(=O)c1cccnc1-c1cc(-c2ccnc3nc(C(F)(F)F)ccc23)ccc1F. The smallest absolute Gasteiger partial charge is 0.366 e. The maximum atomic E-state index is 14.6. The standard InChI is InChI=1S/C21H12F4N4O/c22-16-5-3-11(10-15(16)18-14(19(26)30)2-1-8-27-18)12-7-9-28-20-13(12)4-6-17(29-20)21(23,24)25/h1-10H,(H2,26,30). The fourth-order valence-corrected chi connectivity index (χ4v) is 3.13. The molecule has 0 saturated heterocycles. The van der Waals surface area contributed by atoms with Gasteiger partial charge in [-0.3, -0.25) is 9.78 Å². The number of nitrogens with two attached hydrogens (primary N) is 1. The van der Waals surface area contributed by atoms with Crippen LogP contribution in [0, 0.1) is 5.82 Å². The van der Waals surface area contributed by atoms with Crippen LogP contribution in [-0.2, 0) is 6.18 Å². The largest absolute Gasteiger partial charge is 0.433 e. The number of halogens is 4. The molecule has 30 heavy (non-hydrogen) atoms. The summed E-state index contributed by atoms with van der Waals surface area (Å²) in [6.07, 6.45) is -1.87. The molecule has 5 nitrogen and oxygen atoms in total. The minimum atomic E-state index is -4.60. The van der Waals surface area contributed by atoms with E-state index in [-0.39, 0.29) is 22.5 Å². The van der Waals surface area contributed by atoms with Crippen LogP contribution in [0.25, 0.3) is 33.4 Å². The molecule has 9 heteroatoms. The van der Waals surface area contributed by atoms with E-state index in [4.69, 9.17) is 5.73 Å². The molecule has 0 bridgehead atoms. The molecular weight excluding hydrogens is 400 g/mol. The Morgan fingerprint density at radius 1 is 0.933 bits per heavy atom. The van der Waals surface area contributed by atoms with Crippen molar-refractivity contribution in [2.75, 3.05) is 0 Å². The van der Waals surface area contributed by atoms with Crippen molar-refractivity contribution in [3.05, 3.63) is 78.0 Å². The fourth-order valence-electron chi connectivity index (χ4n) is 3.13. The van der Waals surface area contributed by atoms with Gasteiger partial charge in [0.05, 0.1) is 11.3 Å². The van der Waals surface area contributed by atoms with Crippen molar-refractivity contribution < 1.29 is 22.4 Å². The number of carbonyl (C=O) groups is 1. The van der Waals surface area contributed by atoms with Crippen molar-refractivity contribution in [2.45, 2.75) is 6.18 Å². The Kier molecular flexibility index (Phi) is 4.65. The lowest BCUT2D eigenvalue weighted by Crippen LogP contribution is -2.13. The van der Waals surface area contributed by atoms with E-state index in [1.807, 2.05) is 0 Å². The lowest BCUT2D eigenvalue weighted by Gasteiger charge is -2.12. The first-order valence-corrected chi connectivity index (χ1v) is 8.64. The van der Waals surface area contributed by atoms with Gasteiger partial charge in [0.2, 0.25) is 0 Å². The number of alkyl halides is 3. The molecular formula is C21H12F4N4O. The van der Waals surface area contributed by atoms with E-state index >= 15 is 0 Å². The molecule has 3 heterocycles. The Hall–Kier alpha value is -3.88. The predicted molar refractivity (Wildman–Crippen MR) is 102 cm³/mol. The second-order valence-corrected chi connectivity index (χ2v) is 6.38. The monoisotopic (exact) mass is 412 g/mol. The first-order valence-electron chi connectivity index (χ1n) is 8.64. The third kappa shape index (κ3) is 3.45. The zero-order chi connectivity index (χ0) is 21.5. The summed E-state index contributed by atoms with van der Waals surface area (Å²) in [5.41, 5.74) is 5.35. The molecule has 1 aromatic carbocycles. The molecule has 0 atom stereocenters. The van der Waals surface area contributed by atoms with Crippen molar-refractivity contribution in [1.82, 2.24) is 15.0 Å². The van der Waals surface area contributed by atoms with Crippen molar-refractivity contribution in [3.63, 3.8) is 0 Å². The molecule has 0 saturated carbocycles. The number of fused-ring (bicyclic) bond motifs is 1. The number of carbonyl (C=O) groups excluding carboxylic acids is 1. The van der Waals surface area contributed by atoms with Crippen LogP contribution in [0.2, 0.25) is 0 Å². The van der Waals surface area contributed by atoms with Crippen LogP contribution >= 0.6 is 0 Å². The molecule has 0 fully saturated rings. The van der Waals surface area contributed by atoms with Crippen LogP contribution in [0.5, 0.6) is 0 Å². The maximum Gasteiger partial charge on any atom is 0.433 e. The number of primary amides is 1. The number of benzene rings is 1. The van der Waals surface area contributed by atoms with Gasteiger partial charge in [-0.2, -0.15) is 13.2 Å². The second-order valence-electron chi connectivity index (χ2n) is 6.38. The van der Waals surface area contributed by atoms with E-state index in [9.17, 15) is 22.4 Å². The lowest BCUT2D eigenvalue weighted by atomic mass is 9.97. The van der Waals surface area contributed by atoms with Crippen molar-refractivity contribution >= 4 is 16.9 Å².